The third-order valence-corrected chi connectivity index (χ3v) is 6.39. The molecule has 1 aliphatic heterocycles. The summed E-state index contributed by atoms with van der Waals surface area (Å²) in [6.07, 6.45) is 0.878. The number of carbonyl (C=O) groups excluding carboxylic acids is 1. The number of amides is 2. The van der Waals surface area contributed by atoms with Crippen molar-refractivity contribution in [1.29, 1.82) is 0 Å². The monoisotopic (exact) mass is 434 g/mol. The van der Waals surface area contributed by atoms with Gasteiger partial charge in [-0.2, -0.15) is 8.42 Å². The van der Waals surface area contributed by atoms with Gasteiger partial charge < -0.3 is 18.6 Å². The van der Waals surface area contributed by atoms with Crippen molar-refractivity contribution < 1.29 is 26.9 Å². The van der Waals surface area contributed by atoms with Gasteiger partial charge in [-0.05, 0) is 37.6 Å². The lowest BCUT2D eigenvalue weighted by atomic mass is 10.2. The molecule has 0 N–H and O–H groups in total. The second-order valence-electron chi connectivity index (χ2n) is 6.96. The van der Waals surface area contributed by atoms with E-state index in [1.165, 1.54) is 38.5 Å². The Labute approximate surface area is 177 Å². The van der Waals surface area contributed by atoms with E-state index >= 15 is 0 Å². The van der Waals surface area contributed by atoms with E-state index in [1.54, 1.807) is 23.1 Å². The minimum Gasteiger partial charge on any atom is -0.496 e. The van der Waals surface area contributed by atoms with E-state index < -0.39 is 10.1 Å². The minimum atomic E-state index is -4.07. The number of methoxy groups -OCH3 is 2. The highest BCUT2D eigenvalue weighted by Gasteiger charge is 2.32. The van der Waals surface area contributed by atoms with Crippen LogP contribution in [0.15, 0.2) is 47.4 Å². The van der Waals surface area contributed by atoms with Crippen molar-refractivity contribution in [3.05, 3.63) is 42.5 Å². The Hall–Kier alpha value is -2.94. The Balaban J connectivity index is 1.78. The number of hydrogen-bond donors (Lipinski definition) is 0. The van der Waals surface area contributed by atoms with Crippen LogP contribution in [0.2, 0.25) is 0 Å². The molecule has 0 aromatic heterocycles. The highest BCUT2D eigenvalue weighted by Crippen LogP contribution is 2.30. The molecular weight excluding hydrogens is 408 g/mol. The summed E-state index contributed by atoms with van der Waals surface area (Å²) in [6, 6.07) is 10.7. The molecule has 1 aliphatic rings. The van der Waals surface area contributed by atoms with E-state index in [-0.39, 0.29) is 22.7 Å². The predicted molar refractivity (Wildman–Crippen MR) is 113 cm³/mol. The number of rotatable bonds is 8. The summed E-state index contributed by atoms with van der Waals surface area (Å²) in [5, 5.41) is 0. The first-order chi connectivity index (χ1) is 14.3. The lowest BCUT2D eigenvalue weighted by Gasteiger charge is -2.23. The van der Waals surface area contributed by atoms with Crippen LogP contribution in [0, 0.1) is 0 Å². The highest BCUT2D eigenvalue weighted by atomic mass is 32.2. The molecule has 2 aromatic rings. The Morgan fingerprint density at radius 3 is 2.07 bits per heavy atom. The van der Waals surface area contributed by atoms with Crippen LogP contribution < -0.4 is 18.6 Å². The smallest absolute Gasteiger partial charge is 0.339 e. The quantitative estimate of drug-likeness (QED) is 0.591. The third kappa shape index (κ3) is 4.46. The van der Waals surface area contributed by atoms with Crippen molar-refractivity contribution >= 4 is 21.8 Å². The Morgan fingerprint density at radius 2 is 1.53 bits per heavy atom. The van der Waals surface area contributed by atoms with E-state index in [2.05, 4.69) is 0 Å². The Bertz CT molecular complexity index is 984. The standard InChI is InChI=1S/C21H26N2O6S/c1-5-15(2)22-10-11-23(21(22)24)16-6-8-20(9-7-16)30(25,26)29-19-13-17(27-3)12-18(14-19)28-4/h6-9,12-15H,5,10-11H2,1-4H3. The third-order valence-electron chi connectivity index (χ3n) is 5.13. The lowest BCUT2D eigenvalue weighted by Crippen LogP contribution is -2.37. The maximum absolute atomic E-state index is 12.7. The largest absolute Gasteiger partial charge is 0.496 e. The maximum atomic E-state index is 12.7. The number of carbonyl (C=O) groups is 1. The Morgan fingerprint density at radius 1 is 0.967 bits per heavy atom. The first kappa shape index (κ1) is 21.8. The molecule has 9 heteroatoms. The first-order valence-corrected chi connectivity index (χ1v) is 11.1. The molecule has 0 bridgehead atoms. The molecule has 1 fully saturated rings. The van der Waals surface area contributed by atoms with Gasteiger partial charge in [-0.15, -0.1) is 0 Å². The normalized spacial score (nSPS) is 15.3. The van der Waals surface area contributed by atoms with Gasteiger partial charge in [-0.25, -0.2) is 4.79 Å². The van der Waals surface area contributed by atoms with Crippen molar-refractivity contribution in [3.8, 4) is 17.2 Å². The molecule has 30 heavy (non-hydrogen) atoms. The first-order valence-electron chi connectivity index (χ1n) is 9.64. The molecule has 1 atom stereocenters. The van der Waals surface area contributed by atoms with Gasteiger partial charge in [0.15, 0.2) is 0 Å². The van der Waals surface area contributed by atoms with Crippen molar-refractivity contribution in [2.75, 3.05) is 32.2 Å². The van der Waals surface area contributed by atoms with Crippen LogP contribution in [0.4, 0.5) is 10.5 Å². The van der Waals surface area contributed by atoms with Gasteiger partial charge in [0.05, 0.1) is 14.2 Å². The molecule has 2 amide bonds. The average Bonchev–Trinajstić information content (AvgIpc) is 3.13. The zero-order valence-electron chi connectivity index (χ0n) is 17.5. The molecular formula is C21H26N2O6S. The average molecular weight is 435 g/mol. The van der Waals surface area contributed by atoms with Crippen LogP contribution >= 0.6 is 0 Å². The van der Waals surface area contributed by atoms with Gasteiger partial charge in [-0.1, -0.05) is 6.92 Å². The van der Waals surface area contributed by atoms with E-state index in [0.29, 0.717) is 30.3 Å². The summed E-state index contributed by atoms with van der Waals surface area (Å²) in [5.41, 5.74) is 0.646. The van der Waals surface area contributed by atoms with E-state index in [0.717, 1.165) is 6.42 Å². The van der Waals surface area contributed by atoms with Gasteiger partial charge >= 0.3 is 16.1 Å². The summed E-state index contributed by atoms with van der Waals surface area (Å²) >= 11 is 0. The molecule has 1 heterocycles. The fourth-order valence-corrected chi connectivity index (χ4v) is 4.14. The zero-order chi connectivity index (χ0) is 21.9. The number of anilines is 1. The second-order valence-corrected chi connectivity index (χ2v) is 8.51. The summed E-state index contributed by atoms with van der Waals surface area (Å²) in [7, 11) is -1.14. The maximum Gasteiger partial charge on any atom is 0.339 e. The minimum absolute atomic E-state index is 0.0153. The van der Waals surface area contributed by atoms with Gasteiger partial charge in [0.1, 0.15) is 22.1 Å². The van der Waals surface area contributed by atoms with Crippen molar-refractivity contribution in [3.63, 3.8) is 0 Å². The van der Waals surface area contributed by atoms with Crippen LogP contribution in [0.25, 0.3) is 0 Å². The molecule has 1 saturated heterocycles. The van der Waals surface area contributed by atoms with Crippen LogP contribution in [0.3, 0.4) is 0 Å². The number of hydrogen-bond acceptors (Lipinski definition) is 6. The SMILES string of the molecule is CCC(C)N1CCN(c2ccc(S(=O)(=O)Oc3cc(OC)cc(OC)c3)cc2)C1=O. The Kier molecular flexibility index (Phi) is 6.40. The molecule has 0 radical (unpaired) electrons. The molecule has 0 aliphatic carbocycles. The van der Waals surface area contributed by atoms with Crippen LogP contribution in [0.1, 0.15) is 20.3 Å². The predicted octanol–water partition coefficient (Wildman–Crippen LogP) is 3.51. The molecule has 162 valence electrons. The number of ether oxygens (including phenoxy) is 2. The summed E-state index contributed by atoms with van der Waals surface area (Å²) in [5.74, 6) is 0.899. The fraction of sp³-hybridized carbons (Fsp3) is 0.381. The molecule has 8 nitrogen and oxygen atoms in total. The second kappa shape index (κ2) is 8.83. The molecule has 1 unspecified atom stereocenters. The number of nitrogens with zero attached hydrogens (tertiary/aromatic N) is 2. The molecule has 3 rings (SSSR count). The molecule has 0 saturated carbocycles. The summed E-state index contributed by atoms with van der Waals surface area (Å²) in [6.45, 7) is 5.27. The van der Waals surface area contributed by atoms with Crippen LogP contribution in [-0.2, 0) is 10.1 Å². The van der Waals surface area contributed by atoms with E-state index in [1.807, 2.05) is 18.7 Å². The molecule has 0 spiro atoms. The summed E-state index contributed by atoms with van der Waals surface area (Å²) in [4.78, 5) is 16.1. The van der Waals surface area contributed by atoms with Crippen molar-refractivity contribution in [1.82, 2.24) is 4.90 Å². The van der Waals surface area contributed by atoms with Gasteiger partial charge in [0.25, 0.3) is 0 Å². The highest BCUT2D eigenvalue weighted by molar-refractivity contribution is 7.87. The van der Waals surface area contributed by atoms with Crippen molar-refractivity contribution in [2.24, 2.45) is 0 Å². The van der Waals surface area contributed by atoms with Crippen molar-refractivity contribution in [2.45, 2.75) is 31.2 Å². The fourth-order valence-electron chi connectivity index (χ4n) is 3.22. The van der Waals surface area contributed by atoms with Gasteiger partial charge in [0.2, 0.25) is 0 Å². The molecule has 2 aromatic carbocycles. The van der Waals surface area contributed by atoms with Gasteiger partial charge in [-0.3, -0.25) is 4.90 Å². The summed E-state index contributed by atoms with van der Waals surface area (Å²) < 4.78 is 40.9. The van der Waals surface area contributed by atoms with E-state index in [4.69, 9.17) is 13.7 Å². The number of urea groups is 1. The van der Waals surface area contributed by atoms with E-state index in [9.17, 15) is 13.2 Å². The zero-order valence-corrected chi connectivity index (χ0v) is 18.3. The topological polar surface area (TPSA) is 85.4 Å². The van der Waals surface area contributed by atoms with Gasteiger partial charge in [0, 0.05) is 43.0 Å². The van der Waals surface area contributed by atoms with Crippen LogP contribution in [0.5, 0.6) is 17.2 Å². The number of benzene rings is 2. The lowest BCUT2D eigenvalue weighted by molar-refractivity contribution is 0.203. The van der Waals surface area contributed by atoms with Crippen LogP contribution in [-0.4, -0.2) is 52.7 Å².